The van der Waals surface area contributed by atoms with E-state index in [1.807, 2.05) is 17.6 Å². The molecule has 0 radical (unpaired) electrons. The van der Waals surface area contributed by atoms with Crippen LogP contribution in [0.15, 0.2) is 23.8 Å². The van der Waals surface area contributed by atoms with E-state index in [1.54, 1.807) is 17.5 Å². The first-order valence-electron chi connectivity index (χ1n) is 5.23. The Morgan fingerprint density at radius 2 is 2.44 bits per heavy atom. The van der Waals surface area contributed by atoms with E-state index in [1.165, 1.54) is 0 Å². The van der Waals surface area contributed by atoms with E-state index >= 15 is 0 Å². The van der Waals surface area contributed by atoms with Crippen molar-refractivity contribution < 1.29 is 0 Å². The Morgan fingerprint density at radius 1 is 1.62 bits per heavy atom. The first-order valence-corrected chi connectivity index (χ1v) is 6.49. The Bertz CT molecular complexity index is 463. The minimum absolute atomic E-state index is 0.228. The van der Waals surface area contributed by atoms with Gasteiger partial charge in [0, 0.05) is 23.8 Å². The van der Waals surface area contributed by atoms with E-state index in [4.69, 9.17) is 17.3 Å². The third kappa shape index (κ3) is 2.14. The normalized spacial score (nSPS) is 12.9. The molecule has 16 heavy (non-hydrogen) atoms. The highest BCUT2D eigenvalue weighted by Gasteiger charge is 2.18. The first kappa shape index (κ1) is 11.6. The molecule has 0 spiro atoms. The highest BCUT2D eigenvalue weighted by atomic mass is 35.5. The largest absolute Gasteiger partial charge is 0.333 e. The molecule has 5 heteroatoms. The number of hydrogen-bond acceptors (Lipinski definition) is 3. The van der Waals surface area contributed by atoms with Crippen LogP contribution in [0.5, 0.6) is 0 Å². The van der Waals surface area contributed by atoms with Crippen LogP contribution in [0.3, 0.4) is 0 Å². The van der Waals surface area contributed by atoms with Crippen molar-refractivity contribution >= 4 is 22.9 Å². The summed E-state index contributed by atoms with van der Waals surface area (Å²) >= 11 is 7.65. The van der Waals surface area contributed by atoms with Gasteiger partial charge >= 0.3 is 0 Å². The molecule has 2 rings (SSSR count). The summed E-state index contributed by atoms with van der Waals surface area (Å²) in [5.74, 6) is 0.881. The van der Waals surface area contributed by atoms with Crippen LogP contribution in [0.4, 0.5) is 0 Å². The van der Waals surface area contributed by atoms with Gasteiger partial charge in [-0.15, -0.1) is 11.3 Å². The predicted molar refractivity (Wildman–Crippen MR) is 67.9 cm³/mol. The SMILES string of the molecule is CCCn1ccnc1C(N)c1sccc1Cl. The van der Waals surface area contributed by atoms with Gasteiger partial charge in [0.2, 0.25) is 0 Å². The molecule has 1 unspecified atom stereocenters. The van der Waals surface area contributed by atoms with Crippen LogP contribution in [-0.2, 0) is 6.54 Å². The van der Waals surface area contributed by atoms with Crippen LogP contribution in [0.25, 0.3) is 0 Å². The summed E-state index contributed by atoms with van der Waals surface area (Å²) < 4.78 is 2.08. The monoisotopic (exact) mass is 255 g/mol. The van der Waals surface area contributed by atoms with Gasteiger partial charge in [-0.1, -0.05) is 18.5 Å². The van der Waals surface area contributed by atoms with Crippen molar-refractivity contribution in [2.75, 3.05) is 0 Å². The Balaban J connectivity index is 2.30. The standard InChI is InChI=1S/C11H14ClN3S/c1-2-5-15-6-4-14-11(15)9(13)10-8(12)3-7-16-10/h3-4,6-7,9H,2,5,13H2,1H3. The third-order valence-corrected chi connectivity index (χ3v) is 3.86. The zero-order chi connectivity index (χ0) is 11.5. The summed E-state index contributed by atoms with van der Waals surface area (Å²) in [7, 11) is 0. The van der Waals surface area contributed by atoms with Crippen molar-refractivity contribution in [2.24, 2.45) is 5.73 Å². The molecule has 0 amide bonds. The van der Waals surface area contributed by atoms with Crippen LogP contribution in [0.2, 0.25) is 5.02 Å². The molecule has 0 saturated heterocycles. The lowest BCUT2D eigenvalue weighted by Crippen LogP contribution is -2.17. The van der Waals surface area contributed by atoms with Crippen molar-refractivity contribution in [1.29, 1.82) is 0 Å². The molecule has 0 bridgehead atoms. The quantitative estimate of drug-likeness (QED) is 0.913. The molecule has 0 aliphatic carbocycles. The van der Waals surface area contributed by atoms with Gasteiger partial charge in [-0.2, -0.15) is 0 Å². The molecule has 0 saturated carbocycles. The molecule has 2 N–H and O–H groups in total. The summed E-state index contributed by atoms with van der Waals surface area (Å²) in [6.45, 7) is 3.07. The molecule has 0 fully saturated rings. The van der Waals surface area contributed by atoms with E-state index in [0.29, 0.717) is 0 Å². The first-order chi connectivity index (χ1) is 7.74. The van der Waals surface area contributed by atoms with E-state index < -0.39 is 0 Å². The minimum Gasteiger partial charge on any atom is -0.333 e. The average Bonchev–Trinajstić information content (AvgIpc) is 2.87. The highest BCUT2D eigenvalue weighted by molar-refractivity contribution is 7.10. The Hall–Kier alpha value is -0.840. The zero-order valence-corrected chi connectivity index (χ0v) is 10.6. The average molecular weight is 256 g/mol. The Morgan fingerprint density at radius 3 is 3.06 bits per heavy atom. The van der Waals surface area contributed by atoms with Gasteiger partial charge in [0.25, 0.3) is 0 Å². The predicted octanol–water partition coefficient (Wildman–Crippen LogP) is 3.06. The number of rotatable bonds is 4. The van der Waals surface area contributed by atoms with E-state index in [0.717, 1.165) is 28.7 Å². The van der Waals surface area contributed by atoms with Crippen LogP contribution < -0.4 is 5.73 Å². The lowest BCUT2D eigenvalue weighted by Gasteiger charge is -2.12. The number of thiophene rings is 1. The molecule has 2 aromatic heterocycles. The number of aryl methyl sites for hydroxylation is 1. The smallest absolute Gasteiger partial charge is 0.131 e. The molecule has 3 nitrogen and oxygen atoms in total. The molecule has 0 aliphatic rings. The van der Waals surface area contributed by atoms with E-state index in [9.17, 15) is 0 Å². The molecule has 0 aliphatic heterocycles. The molecule has 2 aromatic rings. The van der Waals surface area contributed by atoms with Crippen LogP contribution in [0, 0.1) is 0 Å². The molecule has 0 aromatic carbocycles. The highest BCUT2D eigenvalue weighted by Crippen LogP contribution is 2.30. The van der Waals surface area contributed by atoms with Gasteiger partial charge in [-0.25, -0.2) is 4.98 Å². The van der Waals surface area contributed by atoms with E-state index in [-0.39, 0.29) is 6.04 Å². The van der Waals surface area contributed by atoms with Crippen molar-refractivity contribution in [2.45, 2.75) is 25.9 Å². The van der Waals surface area contributed by atoms with Gasteiger partial charge in [-0.3, -0.25) is 0 Å². The maximum atomic E-state index is 6.18. The molecular formula is C11H14ClN3S. The molecule has 1 atom stereocenters. The number of nitrogens with zero attached hydrogens (tertiary/aromatic N) is 2. The van der Waals surface area contributed by atoms with Crippen molar-refractivity contribution in [1.82, 2.24) is 9.55 Å². The van der Waals surface area contributed by atoms with Crippen LogP contribution >= 0.6 is 22.9 Å². The fourth-order valence-corrected chi connectivity index (χ4v) is 2.85. The number of nitrogens with two attached hydrogens (primary N) is 1. The fourth-order valence-electron chi connectivity index (χ4n) is 1.67. The molecule has 86 valence electrons. The summed E-state index contributed by atoms with van der Waals surface area (Å²) in [5, 5.41) is 2.67. The lowest BCUT2D eigenvalue weighted by atomic mass is 10.2. The summed E-state index contributed by atoms with van der Waals surface area (Å²) in [5.41, 5.74) is 6.18. The number of aromatic nitrogens is 2. The fraction of sp³-hybridized carbons (Fsp3) is 0.364. The molecular weight excluding hydrogens is 242 g/mol. The second kappa shape index (κ2) is 4.99. The van der Waals surface area contributed by atoms with Crippen LogP contribution in [0.1, 0.15) is 30.1 Å². The maximum absolute atomic E-state index is 6.18. The maximum Gasteiger partial charge on any atom is 0.131 e. The number of halogens is 1. The second-order valence-corrected chi connectivity index (χ2v) is 4.94. The van der Waals surface area contributed by atoms with Gasteiger partial charge in [-0.05, 0) is 17.9 Å². The topological polar surface area (TPSA) is 43.8 Å². The number of hydrogen-bond donors (Lipinski definition) is 1. The number of imidazole rings is 1. The van der Waals surface area contributed by atoms with E-state index in [2.05, 4.69) is 16.5 Å². The molecule has 2 heterocycles. The van der Waals surface area contributed by atoms with Gasteiger partial charge in [0.1, 0.15) is 5.82 Å². The zero-order valence-electron chi connectivity index (χ0n) is 9.06. The lowest BCUT2D eigenvalue weighted by molar-refractivity contribution is 0.616. The Kier molecular flexibility index (Phi) is 3.63. The second-order valence-electron chi connectivity index (χ2n) is 3.59. The van der Waals surface area contributed by atoms with Gasteiger partial charge in [0.05, 0.1) is 11.1 Å². The van der Waals surface area contributed by atoms with Gasteiger partial charge in [0.15, 0.2) is 0 Å². The Labute approximate surface area is 104 Å². The third-order valence-electron chi connectivity index (χ3n) is 2.42. The summed E-state index contributed by atoms with van der Waals surface area (Å²) in [6, 6.07) is 1.64. The van der Waals surface area contributed by atoms with Crippen molar-refractivity contribution in [3.8, 4) is 0 Å². The van der Waals surface area contributed by atoms with Crippen LogP contribution in [-0.4, -0.2) is 9.55 Å². The summed E-state index contributed by atoms with van der Waals surface area (Å²) in [4.78, 5) is 5.29. The van der Waals surface area contributed by atoms with Crippen molar-refractivity contribution in [3.05, 3.63) is 39.6 Å². The minimum atomic E-state index is -0.228. The van der Waals surface area contributed by atoms with Gasteiger partial charge < -0.3 is 10.3 Å². The summed E-state index contributed by atoms with van der Waals surface area (Å²) in [6.07, 6.45) is 4.81. The van der Waals surface area contributed by atoms with Crippen molar-refractivity contribution in [3.63, 3.8) is 0 Å².